The molecule has 0 aliphatic carbocycles. The molecule has 4 aromatic carbocycles. The van der Waals surface area contributed by atoms with Gasteiger partial charge in [0.1, 0.15) is 11.9 Å². The lowest BCUT2D eigenvalue weighted by atomic mass is 9.95. The number of fused-ring (bicyclic) bond motifs is 3. The summed E-state index contributed by atoms with van der Waals surface area (Å²) in [7, 11) is 0. The summed E-state index contributed by atoms with van der Waals surface area (Å²) in [5.41, 5.74) is 5.12. The zero-order valence-corrected chi connectivity index (χ0v) is 19.7. The summed E-state index contributed by atoms with van der Waals surface area (Å²) in [6.45, 7) is 2.03. The number of benzene rings is 4. The van der Waals surface area contributed by atoms with Crippen LogP contribution in [0.4, 0.5) is 17.1 Å². The molecule has 2 unspecified atom stereocenters. The van der Waals surface area contributed by atoms with Crippen molar-refractivity contribution in [2.75, 3.05) is 10.6 Å². The van der Waals surface area contributed by atoms with Crippen molar-refractivity contribution in [3.8, 4) is 0 Å². The van der Waals surface area contributed by atoms with E-state index in [0.29, 0.717) is 22.6 Å². The van der Waals surface area contributed by atoms with Crippen molar-refractivity contribution in [3.05, 3.63) is 125 Å². The Hall–Kier alpha value is -4.71. The molecule has 2 N–H and O–H groups in total. The fourth-order valence-electron chi connectivity index (χ4n) is 4.82. The minimum absolute atomic E-state index is 0.373. The van der Waals surface area contributed by atoms with Crippen molar-refractivity contribution in [2.45, 2.75) is 19.0 Å². The highest BCUT2D eigenvalue weighted by atomic mass is 16.2. The maximum absolute atomic E-state index is 14.1. The number of nitrogens with one attached hydrogen (secondary N) is 2. The number of nitrogens with zero attached hydrogens (tertiary/aromatic N) is 2. The van der Waals surface area contributed by atoms with E-state index < -0.39 is 12.1 Å². The van der Waals surface area contributed by atoms with Gasteiger partial charge in [0, 0.05) is 5.56 Å². The van der Waals surface area contributed by atoms with Crippen LogP contribution in [-0.4, -0.2) is 28.6 Å². The molecule has 0 radical (unpaired) electrons. The summed E-state index contributed by atoms with van der Waals surface area (Å²) in [5.74, 6) is -0.225. The lowest BCUT2D eigenvalue weighted by Crippen LogP contribution is -2.53. The first kappa shape index (κ1) is 21.8. The quantitative estimate of drug-likeness (QED) is 0.353. The van der Waals surface area contributed by atoms with Gasteiger partial charge in [0.05, 0.1) is 28.7 Å². The molecule has 0 bridgehead atoms. The number of hydrogen-bond acceptors (Lipinski definition) is 5. The minimum Gasteiger partial charge on any atom is -0.374 e. The van der Waals surface area contributed by atoms with Crippen LogP contribution < -0.4 is 10.6 Å². The second kappa shape index (κ2) is 8.82. The molecule has 6 rings (SSSR count). The van der Waals surface area contributed by atoms with Gasteiger partial charge < -0.3 is 10.6 Å². The summed E-state index contributed by atoms with van der Waals surface area (Å²) < 4.78 is 0. The predicted octanol–water partition coefficient (Wildman–Crippen LogP) is 5.97. The molecule has 36 heavy (non-hydrogen) atoms. The number of anilines is 2. The van der Waals surface area contributed by atoms with E-state index in [2.05, 4.69) is 10.6 Å². The number of hydrogen-bond donors (Lipinski definition) is 2. The van der Waals surface area contributed by atoms with Gasteiger partial charge in [0.25, 0.3) is 11.8 Å². The van der Waals surface area contributed by atoms with Crippen LogP contribution in [0, 0.1) is 6.92 Å². The smallest absolute Gasteiger partial charge is 0.263 e. The first-order valence-corrected chi connectivity index (χ1v) is 11.9. The molecule has 2 atom stereocenters. The van der Waals surface area contributed by atoms with E-state index in [1.54, 1.807) is 42.5 Å². The van der Waals surface area contributed by atoms with Crippen LogP contribution in [0.25, 0.3) is 0 Å². The summed E-state index contributed by atoms with van der Waals surface area (Å²) in [4.78, 5) is 34.4. The van der Waals surface area contributed by atoms with Gasteiger partial charge in [-0.15, -0.1) is 0 Å². The molecule has 2 aliphatic heterocycles. The normalized spacial score (nSPS) is 18.3. The van der Waals surface area contributed by atoms with E-state index in [1.165, 1.54) is 4.90 Å². The molecule has 4 aromatic rings. The van der Waals surface area contributed by atoms with Crippen LogP contribution in [0.3, 0.4) is 0 Å². The Balaban J connectivity index is 1.61. The zero-order valence-electron chi connectivity index (χ0n) is 19.7. The number of para-hydroxylation sites is 3. The van der Waals surface area contributed by atoms with Crippen molar-refractivity contribution in [1.82, 2.24) is 4.90 Å². The maximum Gasteiger partial charge on any atom is 0.263 e. The minimum atomic E-state index is -0.729. The fourth-order valence-corrected chi connectivity index (χ4v) is 4.82. The topological polar surface area (TPSA) is 73.8 Å². The third-order valence-corrected chi connectivity index (χ3v) is 6.65. The van der Waals surface area contributed by atoms with Gasteiger partial charge in [-0.3, -0.25) is 14.5 Å². The molecule has 0 saturated heterocycles. The molecule has 176 valence electrons. The molecule has 6 heteroatoms. The number of imide groups is 1. The molecule has 0 aromatic heterocycles. The van der Waals surface area contributed by atoms with Crippen molar-refractivity contribution in [2.24, 2.45) is 4.99 Å². The summed E-state index contributed by atoms with van der Waals surface area (Å²) in [6, 6.07) is 30.9. The Morgan fingerprint density at radius 1 is 0.806 bits per heavy atom. The first-order chi connectivity index (χ1) is 17.6. The number of aryl methyl sites for hydroxylation is 1. The average Bonchev–Trinajstić information content (AvgIpc) is 3.14. The largest absolute Gasteiger partial charge is 0.374 e. The van der Waals surface area contributed by atoms with Crippen LogP contribution >= 0.6 is 0 Å². The Kier molecular flexibility index (Phi) is 5.34. The third kappa shape index (κ3) is 3.73. The first-order valence-electron chi connectivity index (χ1n) is 11.9. The summed E-state index contributed by atoms with van der Waals surface area (Å²) in [5, 5.41) is 7.07. The van der Waals surface area contributed by atoms with E-state index in [-0.39, 0.29) is 11.8 Å². The van der Waals surface area contributed by atoms with E-state index in [0.717, 1.165) is 22.5 Å². The molecule has 6 nitrogen and oxygen atoms in total. The average molecular weight is 473 g/mol. The van der Waals surface area contributed by atoms with Crippen molar-refractivity contribution < 1.29 is 9.59 Å². The number of carbonyl (C=O) groups excluding carboxylic acids is 2. The second-order valence-corrected chi connectivity index (χ2v) is 9.01. The SMILES string of the molecule is Cc1ccc(C2Nc3ccccc3NC3=Nc4ccccc4C(=O)N(C(=O)c4ccccc4)C32)cc1. The number of aliphatic imine (C=N–C) groups is 1. The van der Waals surface area contributed by atoms with Gasteiger partial charge in [0.15, 0.2) is 0 Å². The molecule has 0 fully saturated rings. The lowest BCUT2D eigenvalue weighted by molar-refractivity contribution is 0.0577. The Bertz CT molecular complexity index is 1500. The van der Waals surface area contributed by atoms with Gasteiger partial charge in [-0.05, 0) is 48.9 Å². The number of amides is 2. The monoisotopic (exact) mass is 472 g/mol. The van der Waals surface area contributed by atoms with Crippen molar-refractivity contribution in [1.29, 1.82) is 0 Å². The van der Waals surface area contributed by atoms with Gasteiger partial charge in [-0.1, -0.05) is 72.3 Å². The van der Waals surface area contributed by atoms with Crippen molar-refractivity contribution >= 4 is 34.7 Å². The van der Waals surface area contributed by atoms with E-state index in [9.17, 15) is 9.59 Å². The van der Waals surface area contributed by atoms with Crippen LogP contribution in [0.1, 0.15) is 37.9 Å². The lowest BCUT2D eigenvalue weighted by Gasteiger charge is -2.34. The Labute approximate surface area is 209 Å². The molecule has 2 aliphatic rings. The summed E-state index contributed by atoms with van der Waals surface area (Å²) in [6.07, 6.45) is 0. The van der Waals surface area contributed by atoms with Gasteiger partial charge in [-0.2, -0.15) is 0 Å². The van der Waals surface area contributed by atoms with E-state index in [1.807, 2.05) is 67.6 Å². The highest BCUT2D eigenvalue weighted by molar-refractivity contribution is 6.19. The maximum atomic E-state index is 14.1. The molecule has 0 spiro atoms. The zero-order chi connectivity index (χ0) is 24.6. The van der Waals surface area contributed by atoms with Gasteiger partial charge in [0.2, 0.25) is 0 Å². The molecule has 2 amide bonds. The molecular formula is C30H24N4O2. The Morgan fingerprint density at radius 3 is 2.25 bits per heavy atom. The van der Waals surface area contributed by atoms with E-state index >= 15 is 0 Å². The highest BCUT2D eigenvalue weighted by Gasteiger charge is 2.44. The van der Waals surface area contributed by atoms with Gasteiger partial charge >= 0.3 is 0 Å². The number of amidine groups is 1. The Morgan fingerprint density at radius 2 is 1.47 bits per heavy atom. The van der Waals surface area contributed by atoms with Gasteiger partial charge in [-0.25, -0.2) is 4.99 Å². The number of carbonyl (C=O) groups is 2. The fraction of sp³-hybridized carbons (Fsp3) is 0.100. The second-order valence-electron chi connectivity index (χ2n) is 9.01. The molecule has 0 saturated carbocycles. The van der Waals surface area contributed by atoms with E-state index in [4.69, 9.17) is 4.99 Å². The molecular weight excluding hydrogens is 448 g/mol. The van der Waals surface area contributed by atoms with Crippen LogP contribution in [0.15, 0.2) is 108 Å². The van der Waals surface area contributed by atoms with Crippen LogP contribution in [0.5, 0.6) is 0 Å². The van der Waals surface area contributed by atoms with Crippen LogP contribution in [0.2, 0.25) is 0 Å². The van der Waals surface area contributed by atoms with Crippen LogP contribution in [-0.2, 0) is 0 Å². The molecule has 2 heterocycles. The third-order valence-electron chi connectivity index (χ3n) is 6.65. The predicted molar refractivity (Wildman–Crippen MR) is 142 cm³/mol. The highest BCUT2D eigenvalue weighted by Crippen LogP contribution is 2.38. The number of rotatable bonds is 2. The van der Waals surface area contributed by atoms with Crippen molar-refractivity contribution in [3.63, 3.8) is 0 Å². The summed E-state index contributed by atoms with van der Waals surface area (Å²) >= 11 is 0. The standard InChI is InChI=1S/C30H24N4O2/c1-19-15-17-20(18-16-19)26-27-28(33-25-14-8-7-13-24(25)31-26)32-23-12-6-5-11-22(23)30(36)34(27)29(35)21-9-3-2-4-10-21/h2-18,26-27,31H,1H3,(H,32,33).